The fourth-order valence-electron chi connectivity index (χ4n) is 2.68. The molecule has 130 valence electrons. The van der Waals surface area contributed by atoms with E-state index in [4.69, 9.17) is 4.42 Å². The molecule has 0 fully saturated rings. The van der Waals surface area contributed by atoms with Gasteiger partial charge in [0.15, 0.2) is 5.09 Å². The number of benzene rings is 2. The standard InChI is InChI=1S/C19H19NO4S/c1-11-4-6-12(7-5-11)25-19-17(18(22)23)16-13(10-20(2)3)14(21)8-9-15(16)24-19/h4-9,21H,10H2,1-3H3,(H,22,23). The highest BCUT2D eigenvalue weighted by Crippen LogP contribution is 2.41. The molecule has 1 heterocycles. The second-order valence-electron chi connectivity index (χ2n) is 6.16. The fraction of sp³-hybridized carbons (Fsp3) is 0.211. The Hall–Kier alpha value is -2.44. The molecule has 2 aromatic carbocycles. The summed E-state index contributed by atoms with van der Waals surface area (Å²) in [6, 6.07) is 10.9. The SMILES string of the molecule is Cc1ccc(Sc2oc3ccc(O)c(CN(C)C)c3c2C(=O)O)cc1. The maximum Gasteiger partial charge on any atom is 0.340 e. The first-order chi connectivity index (χ1) is 11.9. The molecule has 5 nitrogen and oxygen atoms in total. The lowest BCUT2D eigenvalue weighted by molar-refractivity contribution is 0.0692. The zero-order valence-corrected chi connectivity index (χ0v) is 15.1. The lowest BCUT2D eigenvalue weighted by Crippen LogP contribution is -2.11. The molecule has 0 radical (unpaired) electrons. The highest BCUT2D eigenvalue weighted by atomic mass is 32.2. The molecular formula is C19H19NO4S. The van der Waals surface area contributed by atoms with Crippen molar-refractivity contribution in [2.75, 3.05) is 14.1 Å². The molecule has 25 heavy (non-hydrogen) atoms. The zero-order chi connectivity index (χ0) is 18.1. The molecule has 0 saturated heterocycles. The molecule has 0 unspecified atom stereocenters. The minimum atomic E-state index is -1.07. The Bertz CT molecular complexity index is 929. The van der Waals surface area contributed by atoms with Crippen LogP contribution in [-0.2, 0) is 6.54 Å². The maximum atomic E-state index is 11.9. The minimum absolute atomic E-state index is 0.0661. The predicted molar refractivity (Wildman–Crippen MR) is 97.5 cm³/mol. The Morgan fingerprint density at radius 1 is 1.16 bits per heavy atom. The van der Waals surface area contributed by atoms with Crippen LogP contribution in [0.4, 0.5) is 0 Å². The normalized spacial score (nSPS) is 11.4. The van der Waals surface area contributed by atoms with Crippen molar-refractivity contribution in [2.45, 2.75) is 23.5 Å². The van der Waals surface area contributed by atoms with E-state index in [9.17, 15) is 15.0 Å². The molecule has 3 rings (SSSR count). The summed E-state index contributed by atoms with van der Waals surface area (Å²) in [5.74, 6) is -1.00. The zero-order valence-electron chi connectivity index (χ0n) is 14.2. The first-order valence-corrected chi connectivity index (χ1v) is 8.58. The highest BCUT2D eigenvalue weighted by molar-refractivity contribution is 7.99. The number of phenols is 1. The van der Waals surface area contributed by atoms with E-state index in [1.165, 1.54) is 17.8 Å². The van der Waals surface area contributed by atoms with Gasteiger partial charge >= 0.3 is 5.97 Å². The average molecular weight is 357 g/mol. The predicted octanol–water partition coefficient (Wildman–Crippen LogP) is 4.36. The van der Waals surface area contributed by atoms with Gasteiger partial charge in [-0.3, -0.25) is 0 Å². The number of aryl methyl sites for hydroxylation is 1. The number of nitrogens with zero attached hydrogens (tertiary/aromatic N) is 1. The topological polar surface area (TPSA) is 73.9 Å². The molecule has 1 aromatic heterocycles. The minimum Gasteiger partial charge on any atom is -0.508 e. The van der Waals surface area contributed by atoms with Crippen LogP contribution >= 0.6 is 11.8 Å². The summed E-state index contributed by atoms with van der Waals surface area (Å²) in [4.78, 5) is 14.7. The highest BCUT2D eigenvalue weighted by Gasteiger charge is 2.25. The van der Waals surface area contributed by atoms with Crippen molar-refractivity contribution in [3.63, 3.8) is 0 Å². The molecule has 6 heteroatoms. The monoisotopic (exact) mass is 357 g/mol. The second-order valence-corrected chi connectivity index (χ2v) is 7.21. The Labute approximate surface area is 149 Å². The molecule has 2 N–H and O–H groups in total. The van der Waals surface area contributed by atoms with Gasteiger partial charge in [0, 0.05) is 22.4 Å². The number of carboxylic acid groups (broad SMARTS) is 1. The van der Waals surface area contributed by atoms with E-state index < -0.39 is 5.97 Å². The van der Waals surface area contributed by atoms with Crippen molar-refractivity contribution >= 4 is 28.7 Å². The summed E-state index contributed by atoms with van der Waals surface area (Å²) >= 11 is 1.27. The van der Waals surface area contributed by atoms with Crippen molar-refractivity contribution in [3.8, 4) is 5.75 Å². The number of aromatic hydroxyl groups is 1. The van der Waals surface area contributed by atoms with E-state index in [-0.39, 0.29) is 11.3 Å². The molecular weight excluding hydrogens is 338 g/mol. The maximum absolute atomic E-state index is 11.9. The smallest absolute Gasteiger partial charge is 0.340 e. The quantitative estimate of drug-likeness (QED) is 0.707. The van der Waals surface area contributed by atoms with Crippen LogP contribution in [0.5, 0.6) is 5.75 Å². The molecule has 3 aromatic rings. The molecule has 0 aliphatic heterocycles. The van der Waals surface area contributed by atoms with Gasteiger partial charge in [0.25, 0.3) is 0 Å². The molecule has 0 spiro atoms. The molecule has 0 bridgehead atoms. The van der Waals surface area contributed by atoms with E-state index in [0.29, 0.717) is 28.2 Å². The van der Waals surface area contributed by atoms with Crippen LogP contribution < -0.4 is 0 Å². The molecule has 0 aliphatic rings. The van der Waals surface area contributed by atoms with Gasteiger partial charge in [-0.2, -0.15) is 0 Å². The summed E-state index contributed by atoms with van der Waals surface area (Å²) in [7, 11) is 3.72. The number of phenolic OH excluding ortho intramolecular Hbond substituents is 1. The fourth-order valence-corrected chi connectivity index (χ4v) is 3.59. The summed E-state index contributed by atoms with van der Waals surface area (Å²) in [6.07, 6.45) is 0. The van der Waals surface area contributed by atoms with Gasteiger partial charge in [0.05, 0.1) is 0 Å². The molecule has 0 atom stereocenters. The van der Waals surface area contributed by atoms with Crippen LogP contribution in [0.15, 0.2) is 50.8 Å². The van der Waals surface area contributed by atoms with Crippen molar-refractivity contribution in [1.29, 1.82) is 0 Å². The van der Waals surface area contributed by atoms with Crippen LogP contribution in [0, 0.1) is 6.92 Å². The Kier molecular flexibility index (Phi) is 4.74. The van der Waals surface area contributed by atoms with Gasteiger partial charge in [-0.15, -0.1) is 0 Å². The third-order valence-electron chi connectivity index (χ3n) is 3.83. The number of fused-ring (bicyclic) bond motifs is 1. The van der Waals surface area contributed by atoms with Crippen molar-refractivity contribution in [1.82, 2.24) is 4.90 Å². The van der Waals surface area contributed by atoms with Gasteiger partial charge in [-0.05, 0) is 45.3 Å². The van der Waals surface area contributed by atoms with Crippen LogP contribution in [-0.4, -0.2) is 35.2 Å². The van der Waals surface area contributed by atoms with Crippen LogP contribution in [0.25, 0.3) is 11.0 Å². The van der Waals surface area contributed by atoms with Crippen LogP contribution in [0.1, 0.15) is 21.5 Å². The number of carbonyl (C=O) groups is 1. The number of rotatable bonds is 5. The van der Waals surface area contributed by atoms with Crippen LogP contribution in [0.3, 0.4) is 0 Å². The van der Waals surface area contributed by atoms with Gasteiger partial charge in [-0.25, -0.2) is 4.79 Å². The first-order valence-electron chi connectivity index (χ1n) is 7.76. The van der Waals surface area contributed by atoms with Gasteiger partial charge < -0.3 is 19.5 Å². The second kappa shape index (κ2) is 6.82. The van der Waals surface area contributed by atoms with Crippen molar-refractivity contribution in [2.24, 2.45) is 0 Å². The van der Waals surface area contributed by atoms with Crippen LogP contribution in [0.2, 0.25) is 0 Å². The van der Waals surface area contributed by atoms with E-state index in [1.54, 1.807) is 6.07 Å². The van der Waals surface area contributed by atoms with Crippen molar-refractivity contribution < 1.29 is 19.4 Å². The number of aromatic carboxylic acids is 1. The van der Waals surface area contributed by atoms with Crippen molar-refractivity contribution in [3.05, 3.63) is 53.1 Å². The van der Waals surface area contributed by atoms with E-state index in [0.717, 1.165) is 10.5 Å². The van der Waals surface area contributed by atoms with E-state index in [2.05, 4.69) is 0 Å². The molecule has 0 amide bonds. The number of carboxylic acids is 1. The van der Waals surface area contributed by atoms with E-state index >= 15 is 0 Å². The van der Waals surface area contributed by atoms with E-state index in [1.807, 2.05) is 50.2 Å². The van der Waals surface area contributed by atoms with Gasteiger partial charge in [0.2, 0.25) is 0 Å². The Morgan fingerprint density at radius 2 is 1.84 bits per heavy atom. The molecule has 0 saturated carbocycles. The summed E-state index contributed by atoms with van der Waals surface area (Å²) in [5, 5.41) is 20.8. The van der Waals surface area contributed by atoms with Gasteiger partial charge in [-0.1, -0.05) is 29.5 Å². The average Bonchev–Trinajstić information content (AvgIpc) is 2.90. The first kappa shape index (κ1) is 17.4. The van der Waals surface area contributed by atoms with Gasteiger partial charge in [0.1, 0.15) is 16.9 Å². The Balaban J connectivity index is 2.17. The number of hydrogen-bond donors (Lipinski definition) is 2. The summed E-state index contributed by atoms with van der Waals surface area (Å²) in [5.41, 5.74) is 2.24. The lowest BCUT2D eigenvalue weighted by Gasteiger charge is -2.12. The Morgan fingerprint density at radius 3 is 2.44 bits per heavy atom. The lowest BCUT2D eigenvalue weighted by atomic mass is 10.0. The third-order valence-corrected chi connectivity index (χ3v) is 4.81. The summed E-state index contributed by atoms with van der Waals surface area (Å²) < 4.78 is 5.82. The number of furan rings is 1. The summed E-state index contributed by atoms with van der Waals surface area (Å²) in [6.45, 7) is 2.41. The third kappa shape index (κ3) is 3.50. The molecule has 0 aliphatic carbocycles. The number of hydrogen-bond acceptors (Lipinski definition) is 5. The largest absolute Gasteiger partial charge is 0.508 e.